The first kappa shape index (κ1) is 13.3. The van der Waals surface area contributed by atoms with Gasteiger partial charge < -0.3 is 15.4 Å². The lowest BCUT2D eigenvalue weighted by Gasteiger charge is -2.39. The van der Waals surface area contributed by atoms with Crippen LogP contribution in [0.5, 0.6) is 0 Å². The Labute approximate surface area is 106 Å². The van der Waals surface area contributed by atoms with Crippen LogP contribution in [-0.4, -0.2) is 38.4 Å². The molecule has 0 amide bonds. The second kappa shape index (κ2) is 5.68. The van der Waals surface area contributed by atoms with Crippen LogP contribution in [-0.2, 0) is 4.74 Å². The van der Waals surface area contributed by atoms with Crippen LogP contribution < -0.4 is 10.6 Å². The molecule has 0 aliphatic carbocycles. The SMILES string of the molecule is CC1OCCC1CNCC1NCCCC1(C)C. The minimum Gasteiger partial charge on any atom is -0.378 e. The summed E-state index contributed by atoms with van der Waals surface area (Å²) in [6.07, 6.45) is 4.32. The topological polar surface area (TPSA) is 33.3 Å². The van der Waals surface area contributed by atoms with Crippen molar-refractivity contribution in [1.82, 2.24) is 10.6 Å². The van der Waals surface area contributed by atoms with E-state index in [4.69, 9.17) is 4.74 Å². The first-order valence-corrected chi connectivity index (χ1v) is 7.15. The van der Waals surface area contributed by atoms with E-state index in [1.54, 1.807) is 0 Å². The Bertz CT molecular complexity index is 242. The van der Waals surface area contributed by atoms with Gasteiger partial charge >= 0.3 is 0 Å². The van der Waals surface area contributed by atoms with Gasteiger partial charge in [-0.2, -0.15) is 0 Å². The van der Waals surface area contributed by atoms with E-state index in [9.17, 15) is 0 Å². The molecule has 2 rings (SSSR count). The van der Waals surface area contributed by atoms with E-state index < -0.39 is 0 Å². The molecule has 0 aromatic carbocycles. The van der Waals surface area contributed by atoms with E-state index in [1.165, 1.54) is 25.8 Å². The predicted molar refractivity (Wildman–Crippen MR) is 71.2 cm³/mol. The fourth-order valence-corrected chi connectivity index (χ4v) is 3.08. The van der Waals surface area contributed by atoms with Crippen molar-refractivity contribution in [2.45, 2.75) is 52.2 Å². The Balaban J connectivity index is 1.70. The smallest absolute Gasteiger partial charge is 0.0588 e. The maximum atomic E-state index is 5.59. The summed E-state index contributed by atoms with van der Waals surface area (Å²) >= 11 is 0. The predicted octanol–water partition coefficient (Wildman–Crippen LogP) is 1.78. The lowest BCUT2D eigenvalue weighted by atomic mass is 9.77. The maximum absolute atomic E-state index is 5.59. The van der Waals surface area contributed by atoms with Gasteiger partial charge in [0.05, 0.1) is 6.10 Å². The molecule has 0 aromatic rings. The molecule has 2 fully saturated rings. The monoisotopic (exact) mass is 240 g/mol. The second-order valence-corrected chi connectivity index (χ2v) is 6.38. The van der Waals surface area contributed by atoms with Gasteiger partial charge in [-0.1, -0.05) is 13.8 Å². The van der Waals surface area contributed by atoms with Crippen molar-refractivity contribution in [3.63, 3.8) is 0 Å². The van der Waals surface area contributed by atoms with Crippen LogP contribution in [0.25, 0.3) is 0 Å². The Morgan fingerprint density at radius 3 is 2.82 bits per heavy atom. The number of ether oxygens (including phenoxy) is 1. The first-order chi connectivity index (χ1) is 8.09. The van der Waals surface area contributed by atoms with E-state index in [-0.39, 0.29) is 0 Å². The van der Waals surface area contributed by atoms with Crippen LogP contribution in [0.4, 0.5) is 0 Å². The lowest BCUT2D eigenvalue weighted by Crippen LogP contribution is -2.52. The molecular formula is C14H28N2O. The minimum atomic E-state index is 0.434. The first-order valence-electron chi connectivity index (χ1n) is 7.15. The third-order valence-electron chi connectivity index (χ3n) is 4.62. The Morgan fingerprint density at radius 1 is 1.35 bits per heavy atom. The quantitative estimate of drug-likeness (QED) is 0.786. The molecule has 2 saturated heterocycles. The fraction of sp³-hybridized carbons (Fsp3) is 1.00. The average molecular weight is 240 g/mol. The van der Waals surface area contributed by atoms with E-state index in [0.717, 1.165) is 19.7 Å². The van der Waals surface area contributed by atoms with Gasteiger partial charge in [-0.3, -0.25) is 0 Å². The largest absolute Gasteiger partial charge is 0.378 e. The molecule has 2 heterocycles. The van der Waals surface area contributed by atoms with E-state index in [2.05, 4.69) is 31.4 Å². The molecule has 2 aliphatic heterocycles. The van der Waals surface area contributed by atoms with E-state index in [1.807, 2.05) is 0 Å². The molecular weight excluding hydrogens is 212 g/mol. The molecule has 100 valence electrons. The van der Waals surface area contributed by atoms with Crippen LogP contribution in [0, 0.1) is 11.3 Å². The molecule has 0 saturated carbocycles. The molecule has 3 heteroatoms. The van der Waals surface area contributed by atoms with Crippen LogP contribution in [0.15, 0.2) is 0 Å². The summed E-state index contributed by atoms with van der Waals surface area (Å²) in [7, 11) is 0. The van der Waals surface area contributed by atoms with Gasteiger partial charge in [0.15, 0.2) is 0 Å². The molecule has 0 spiro atoms. The van der Waals surface area contributed by atoms with Crippen LogP contribution in [0.3, 0.4) is 0 Å². The van der Waals surface area contributed by atoms with Crippen LogP contribution >= 0.6 is 0 Å². The highest BCUT2D eigenvalue weighted by Crippen LogP contribution is 2.29. The van der Waals surface area contributed by atoms with Gasteiger partial charge in [0.2, 0.25) is 0 Å². The summed E-state index contributed by atoms with van der Waals surface area (Å²) in [6.45, 7) is 11.3. The van der Waals surface area contributed by atoms with Crippen molar-refractivity contribution < 1.29 is 4.74 Å². The lowest BCUT2D eigenvalue weighted by molar-refractivity contribution is 0.104. The summed E-state index contributed by atoms with van der Waals surface area (Å²) in [5.74, 6) is 0.710. The minimum absolute atomic E-state index is 0.434. The summed E-state index contributed by atoms with van der Waals surface area (Å²) in [5, 5.41) is 7.29. The number of nitrogens with one attached hydrogen (secondary N) is 2. The molecule has 17 heavy (non-hydrogen) atoms. The molecule has 3 unspecified atom stereocenters. The summed E-state index contributed by atoms with van der Waals surface area (Å²) < 4.78 is 5.59. The van der Waals surface area contributed by atoms with Gasteiger partial charge in [-0.05, 0) is 44.1 Å². The maximum Gasteiger partial charge on any atom is 0.0588 e. The summed E-state index contributed by atoms with van der Waals surface area (Å²) in [5.41, 5.74) is 0.434. The van der Waals surface area contributed by atoms with E-state index >= 15 is 0 Å². The number of rotatable bonds is 4. The van der Waals surface area contributed by atoms with Gasteiger partial charge in [0.1, 0.15) is 0 Å². The number of hydrogen-bond donors (Lipinski definition) is 2. The highest BCUT2D eigenvalue weighted by Gasteiger charge is 2.32. The summed E-state index contributed by atoms with van der Waals surface area (Å²) in [6, 6.07) is 0.619. The third-order valence-corrected chi connectivity index (χ3v) is 4.62. The van der Waals surface area contributed by atoms with Gasteiger partial charge in [-0.25, -0.2) is 0 Å². The molecule has 2 N–H and O–H groups in total. The Morgan fingerprint density at radius 2 is 2.18 bits per heavy atom. The molecule has 0 aromatic heterocycles. The standard InChI is InChI=1S/C14H28N2O/c1-11-12(5-8-17-11)9-15-10-13-14(2,3)6-4-7-16-13/h11-13,15-16H,4-10H2,1-3H3. The van der Waals surface area contributed by atoms with Crippen LogP contribution in [0.2, 0.25) is 0 Å². The molecule has 3 atom stereocenters. The van der Waals surface area contributed by atoms with Gasteiger partial charge in [-0.15, -0.1) is 0 Å². The number of piperidine rings is 1. The van der Waals surface area contributed by atoms with Crippen molar-refractivity contribution in [1.29, 1.82) is 0 Å². The van der Waals surface area contributed by atoms with Crippen molar-refractivity contribution in [3.05, 3.63) is 0 Å². The third kappa shape index (κ3) is 3.43. The Hall–Kier alpha value is -0.120. The normalized spacial score (nSPS) is 37.2. The molecule has 0 bridgehead atoms. The average Bonchev–Trinajstić information content (AvgIpc) is 2.67. The molecule has 0 radical (unpaired) electrons. The Kier molecular flexibility index (Phi) is 4.45. The van der Waals surface area contributed by atoms with Crippen molar-refractivity contribution >= 4 is 0 Å². The van der Waals surface area contributed by atoms with Gasteiger partial charge in [0, 0.05) is 25.7 Å². The number of hydrogen-bond acceptors (Lipinski definition) is 3. The van der Waals surface area contributed by atoms with Crippen molar-refractivity contribution in [2.75, 3.05) is 26.2 Å². The second-order valence-electron chi connectivity index (χ2n) is 6.38. The highest BCUT2D eigenvalue weighted by molar-refractivity contribution is 4.90. The fourth-order valence-electron chi connectivity index (χ4n) is 3.08. The van der Waals surface area contributed by atoms with Crippen LogP contribution in [0.1, 0.15) is 40.0 Å². The zero-order chi connectivity index (χ0) is 12.3. The highest BCUT2D eigenvalue weighted by atomic mass is 16.5. The molecule has 2 aliphatic rings. The molecule has 3 nitrogen and oxygen atoms in total. The zero-order valence-corrected chi connectivity index (χ0v) is 11.6. The van der Waals surface area contributed by atoms with Gasteiger partial charge in [0.25, 0.3) is 0 Å². The zero-order valence-electron chi connectivity index (χ0n) is 11.6. The van der Waals surface area contributed by atoms with Crippen molar-refractivity contribution in [3.8, 4) is 0 Å². The van der Waals surface area contributed by atoms with E-state index in [0.29, 0.717) is 23.5 Å². The van der Waals surface area contributed by atoms with Crippen molar-refractivity contribution in [2.24, 2.45) is 11.3 Å². The summed E-state index contributed by atoms with van der Waals surface area (Å²) in [4.78, 5) is 0.